The van der Waals surface area contributed by atoms with Gasteiger partial charge in [-0.1, -0.05) is 22.0 Å². The number of nitrogens with two attached hydrogens (primary N) is 1. The first-order chi connectivity index (χ1) is 9.78. The summed E-state index contributed by atoms with van der Waals surface area (Å²) in [7, 11) is -3.11. The molecule has 0 saturated carbocycles. The van der Waals surface area contributed by atoms with Gasteiger partial charge in [-0.2, -0.15) is 0 Å². The summed E-state index contributed by atoms with van der Waals surface area (Å²) < 4.78 is 28.3. The maximum atomic E-state index is 11.6. The molecule has 8 heteroatoms. The lowest BCUT2D eigenvalue weighted by molar-refractivity contribution is -0.122. The van der Waals surface area contributed by atoms with Gasteiger partial charge in [0.2, 0.25) is 5.91 Å². The standard InChI is InChI=1S/C13H19BrN2O4S/c1-21(18,19)8-5-12(15)13(17)16-6-7-20-11-4-2-3-10(14)9-11/h2-4,9,12H,5-8,15H2,1H3,(H,16,17). The highest BCUT2D eigenvalue weighted by Gasteiger charge is 2.15. The minimum atomic E-state index is -3.11. The molecule has 0 radical (unpaired) electrons. The fourth-order valence-corrected chi connectivity index (χ4v) is 2.56. The van der Waals surface area contributed by atoms with Crippen LogP contribution in [0.25, 0.3) is 0 Å². The summed E-state index contributed by atoms with van der Waals surface area (Å²) in [6.07, 6.45) is 1.22. The predicted octanol–water partition coefficient (Wildman–Crippen LogP) is 0.706. The predicted molar refractivity (Wildman–Crippen MR) is 84.9 cm³/mol. The van der Waals surface area contributed by atoms with Crippen LogP contribution in [0, 0.1) is 0 Å². The molecule has 0 bridgehead atoms. The molecule has 1 aromatic rings. The highest BCUT2D eigenvalue weighted by molar-refractivity contribution is 9.10. The highest BCUT2D eigenvalue weighted by atomic mass is 79.9. The molecule has 0 aliphatic carbocycles. The quantitative estimate of drug-likeness (QED) is 0.648. The van der Waals surface area contributed by atoms with Crippen molar-refractivity contribution in [3.63, 3.8) is 0 Å². The summed E-state index contributed by atoms with van der Waals surface area (Å²) in [6, 6.07) is 6.53. The number of sulfone groups is 1. The van der Waals surface area contributed by atoms with Crippen molar-refractivity contribution >= 4 is 31.7 Å². The van der Waals surface area contributed by atoms with E-state index < -0.39 is 15.9 Å². The first-order valence-corrected chi connectivity index (χ1v) is 9.22. The maximum absolute atomic E-state index is 11.6. The van der Waals surface area contributed by atoms with Crippen LogP contribution in [0.3, 0.4) is 0 Å². The Hall–Kier alpha value is -1.12. The lowest BCUT2D eigenvalue weighted by Crippen LogP contribution is -2.42. The number of nitrogens with one attached hydrogen (secondary N) is 1. The third kappa shape index (κ3) is 8.03. The minimum Gasteiger partial charge on any atom is -0.492 e. The van der Waals surface area contributed by atoms with Gasteiger partial charge < -0.3 is 15.8 Å². The number of hydrogen-bond acceptors (Lipinski definition) is 5. The minimum absolute atomic E-state index is 0.101. The topological polar surface area (TPSA) is 98.5 Å². The number of ether oxygens (including phenoxy) is 1. The van der Waals surface area contributed by atoms with Crippen LogP contribution in [0.1, 0.15) is 6.42 Å². The molecule has 1 atom stereocenters. The molecular weight excluding hydrogens is 360 g/mol. The van der Waals surface area contributed by atoms with Gasteiger partial charge in [-0.15, -0.1) is 0 Å². The molecule has 0 saturated heterocycles. The van der Waals surface area contributed by atoms with Gasteiger partial charge in [0.25, 0.3) is 0 Å². The van der Waals surface area contributed by atoms with Crippen molar-refractivity contribution in [2.24, 2.45) is 5.73 Å². The summed E-state index contributed by atoms with van der Waals surface area (Å²) >= 11 is 3.33. The van der Waals surface area contributed by atoms with E-state index in [1.807, 2.05) is 24.3 Å². The molecular formula is C13H19BrN2O4S. The molecule has 0 heterocycles. The number of halogens is 1. The SMILES string of the molecule is CS(=O)(=O)CCC(N)C(=O)NCCOc1cccc(Br)c1. The van der Waals surface area contributed by atoms with Crippen LogP contribution < -0.4 is 15.8 Å². The maximum Gasteiger partial charge on any atom is 0.237 e. The smallest absolute Gasteiger partial charge is 0.237 e. The van der Waals surface area contributed by atoms with E-state index in [4.69, 9.17) is 10.5 Å². The van der Waals surface area contributed by atoms with Crippen LogP contribution in [0.15, 0.2) is 28.7 Å². The van der Waals surface area contributed by atoms with E-state index in [2.05, 4.69) is 21.2 Å². The first-order valence-electron chi connectivity index (χ1n) is 6.37. The van der Waals surface area contributed by atoms with Gasteiger partial charge in [0.1, 0.15) is 22.2 Å². The van der Waals surface area contributed by atoms with Gasteiger partial charge in [0, 0.05) is 10.7 Å². The summed E-state index contributed by atoms with van der Waals surface area (Å²) in [6.45, 7) is 0.610. The molecule has 21 heavy (non-hydrogen) atoms. The van der Waals surface area contributed by atoms with E-state index >= 15 is 0 Å². The summed E-state index contributed by atoms with van der Waals surface area (Å²) in [5.74, 6) is 0.215. The molecule has 1 amide bonds. The fraction of sp³-hybridized carbons (Fsp3) is 0.462. The van der Waals surface area contributed by atoms with Gasteiger partial charge in [0.05, 0.1) is 18.3 Å². The van der Waals surface area contributed by atoms with Crippen molar-refractivity contribution in [3.8, 4) is 5.75 Å². The van der Waals surface area contributed by atoms with E-state index in [-0.39, 0.29) is 18.1 Å². The Bertz CT molecular complexity index is 577. The molecule has 6 nitrogen and oxygen atoms in total. The van der Waals surface area contributed by atoms with Crippen LogP contribution in [-0.2, 0) is 14.6 Å². The summed E-state index contributed by atoms with van der Waals surface area (Å²) in [4.78, 5) is 11.6. The van der Waals surface area contributed by atoms with Gasteiger partial charge in [-0.3, -0.25) is 4.79 Å². The van der Waals surface area contributed by atoms with Crippen LogP contribution in [0.5, 0.6) is 5.75 Å². The van der Waals surface area contributed by atoms with E-state index in [0.717, 1.165) is 10.7 Å². The monoisotopic (exact) mass is 378 g/mol. The van der Waals surface area contributed by atoms with Crippen LogP contribution in [-0.4, -0.2) is 45.5 Å². The second-order valence-electron chi connectivity index (χ2n) is 4.62. The average molecular weight is 379 g/mol. The highest BCUT2D eigenvalue weighted by Crippen LogP contribution is 2.17. The van der Waals surface area contributed by atoms with E-state index in [1.165, 1.54) is 0 Å². The van der Waals surface area contributed by atoms with Crippen molar-refractivity contribution in [3.05, 3.63) is 28.7 Å². The summed E-state index contributed by atoms with van der Waals surface area (Å²) in [5, 5.41) is 2.61. The van der Waals surface area contributed by atoms with Gasteiger partial charge in [-0.25, -0.2) is 8.42 Å². The first kappa shape index (κ1) is 17.9. The Balaban J connectivity index is 2.24. The number of carbonyl (C=O) groups is 1. The Labute approximate surface area is 133 Å². The van der Waals surface area contributed by atoms with Crippen molar-refractivity contribution < 1.29 is 17.9 Å². The van der Waals surface area contributed by atoms with E-state index in [0.29, 0.717) is 18.9 Å². The normalized spacial score (nSPS) is 12.7. The molecule has 0 aliphatic heterocycles. The van der Waals surface area contributed by atoms with Gasteiger partial charge in [-0.05, 0) is 24.6 Å². The average Bonchev–Trinajstić information content (AvgIpc) is 2.40. The third-order valence-corrected chi connectivity index (χ3v) is 4.07. The molecule has 0 aliphatic rings. The molecule has 1 unspecified atom stereocenters. The molecule has 118 valence electrons. The van der Waals surface area contributed by atoms with Crippen molar-refractivity contribution in [1.82, 2.24) is 5.32 Å². The zero-order chi connectivity index (χ0) is 15.9. The number of hydrogen-bond donors (Lipinski definition) is 2. The van der Waals surface area contributed by atoms with Crippen LogP contribution in [0.4, 0.5) is 0 Å². The molecule has 0 fully saturated rings. The second kappa shape index (κ2) is 8.35. The van der Waals surface area contributed by atoms with Crippen LogP contribution >= 0.6 is 15.9 Å². The Morgan fingerprint density at radius 2 is 2.19 bits per heavy atom. The molecule has 1 aromatic carbocycles. The van der Waals surface area contributed by atoms with E-state index in [1.54, 1.807) is 0 Å². The van der Waals surface area contributed by atoms with Gasteiger partial charge in [0.15, 0.2) is 0 Å². The summed E-state index contributed by atoms with van der Waals surface area (Å²) in [5.41, 5.74) is 5.61. The fourth-order valence-electron chi connectivity index (χ4n) is 1.50. The molecule has 3 N–H and O–H groups in total. The number of carbonyl (C=O) groups excluding carboxylic acids is 1. The van der Waals surface area contributed by atoms with Crippen molar-refractivity contribution in [2.45, 2.75) is 12.5 Å². The lowest BCUT2D eigenvalue weighted by atomic mass is 10.2. The third-order valence-electron chi connectivity index (χ3n) is 2.60. The Morgan fingerprint density at radius 3 is 2.81 bits per heavy atom. The van der Waals surface area contributed by atoms with Crippen molar-refractivity contribution in [1.29, 1.82) is 0 Å². The van der Waals surface area contributed by atoms with E-state index in [9.17, 15) is 13.2 Å². The van der Waals surface area contributed by atoms with Crippen molar-refractivity contribution in [2.75, 3.05) is 25.2 Å². The van der Waals surface area contributed by atoms with Gasteiger partial charge >= 0.3 is 0 Å². The Kier molecular flexibility index (Phi) is 7.13. The second-order valence-corrected chi connectivity index (χ2v) is 7.80. The Morgan fingerprint density at radius 1 is 1.48 bits per heavy atom. The molecule has 1 rings (SSSR count). The molecule has 0 aromatic heterocycles. The molecule has 0 spiro atoms. The zero-order valence-corrected chi connectivity index (χ0v) is 14.1. The number of benzene rings is 1. The van der Waals surface area contributed by atoms with Crippen LogP contribution in [0.2, 0.25) is 0 Å². The number of amides is 1. The number of rotatable bonds is 8. The lowest BCUT2D eigenvalue weighted by Gasteiger charge is -2.12. The largest absolute Gasteiger partial charge is 0.492 e. The zero-order valence-electron chi connectivity index (χ0n) is 11.7.